The van der Waals surface area contributed by atoms with E-state index in [9.17, 15) is 15.3 Å². The van der Waals surface area contributed by atoms with E-state index in [2.05, 4.69) is 50.9 Å². The van der Waals surface area contributed by atoms with Gasteiger partial charge in [0.1, 0.15) is 48.4 Å². The predicted molar refractivity (Wildman–Crippen MR) is 260 cm³/mol. The van der Waals surface area contributed by atoms with Crippen LogP contribution in [-0.4, -0.2) is 149 Å². The van der Waals surface area contributed by atoms with Crippen LogP contribution in [0.25, 0.3) is 0 Å². The van der Waals surface area contributed by atoms with E-state index in [-0.39, 0.29) is 44.9 Å². The molecule has 0 unspecified atom stereocenters. The quantitative estimate of drug-likeness (QED) is 0.0806. The van der Waals surface area contributed by atoms with E-state index in [4.69, 9.17) is 63.8 Å². The van der Waals surface area contributed by atoms with Crippen LogP contribution < -0.4 is 20.1 Å². The van der Waals surface area contributed by atoms with Gasteiger partial charge in [0.2, 0.25) is 5.91 Å². The van der Waals surface area contributed by atoms with Crippen molar-refractivity contribution in [3.63, 3.8) is 0 Å². The number of nitrogens with one attached hydrogen (secondary N) is 2. The van der Waals surface area contributed by atoms with Crippen molar-refractivity contribution in [2.24, 2.45) is 9.98 Å². The molecule has 0 spiro atoms. The summed E-state index contributed by atoms with van der Waals surface area (Å²) in [5.41, 5.74) is 6.04. The monoisotopic (exact) mass is 1200 g/mol. The Bertz CT molecular complexity index is 2120. The molecular formula is C42H45Cl2IIn2N6O7S. The SMILES string of the molecule is COCCOCCOc1cc2c(cc1C#N)C(c1ccccc1Cl)=NCC(=O)N2.COCCOCCOc1cc2c(cc1C#N)C(c1ccccc1Cl)=NCC(=S)N2.[InH2][I].[InH3]. The molecule has 6 rings (SSSR count). The van der Waals surface area contributed by atoms with Gasteiger partial charge in [0.25, 0.3) is 0 Å². The van der Waals surface area contributed by atoms with Crippen LogP contribution in [0.4, 0.5) is 11.4 Å². The second kappa shape index (κ2) is 28.7. The Morgan fingerprint density at radius 1 is 0.672 bits per heavy atom. The molecule has 4 aromatic rings. The molecule has 0 aliphatic carbocycles. The molecule has 2 N–H and O–H groups in total. The molecule has 61 heavy (non-hydrogen) atoms. The molecule has 0 atom stereocenters. The van der Waals surface area contributed by atoms with Crippen LogP contribution in [0.2, 0.25) is 10.0 Å². The van der Waals surface area contributed by atoms with E-state index in [1.807, 2.05) is 42.5 Å². The summed E-state index contributed by atoms with van der Waals surface area (Å²) >= 11 is 21.4. The molecule has 318 valence electrons. The van der Waals surface area contributed by atoms with Gasteiger partial charge in [0.05, 0.1) is 80.1 Å². The maximum atomic E-state index is 12.1. The Labute approximate surface area is 413 Å². The van der Waals surface area contributed by atoms with Crippen molar-refractivity contribution in [3.05, 3.63) is 116 Å². The zero-order valence-corrected chi connectivity index (χ0v) is 43.4. The molecule has 4 aromatic carbocycles. The third kappa shape index (κ3) is 15.7. The topological polar surface area (TPSA) is 169 Å². The Morgan fingerprint density at radius 3 is 1.54 bits per heavy atom. The summed E-state index contributed by atoms with van der Waals surface area (Å²) in [5.74, 6) is 0.562. The number of nitriles is 2. The summed E-state index contributed by atoms with van der Waals surface area (Å²) in [4.78, 5) is 21.8. The molecule has 0 saturated heterocycles. The standard InChI is InChI=1S/C21H20ClN3O4.C21H20ClN3O3S.HI.2In.5H/c1-27-6-7-28-8-9-29-19-11-18-16(10-14(19)12-23)21(24-13-20(26)25-18)15-4-2-3-5-17(15)22;1-26-6-7-27-8-9-28-19-11-18-16(10-14(19)12-23)21(24-13-20(29)25-18)15-4-2-3-5-17(15)22;;;;;;;;/h2-5,10-11H,6-9,13H2,1H3,(H,25,26);2-5,10-11H,6-9,13H2,1H3,(H,25,29);1H;;;;;;;/q;;;;+1;;;;;/p-1. The van der Waals surface area contributed by atoms with Gasteiger partial charge in [-0.25, -0.2) is 0 Å². The molecule has 2 aliphatic rings. The van der Waals surface area contributed by atoms with Gasteiger partial charge in [-0.3, -0.25) is 14.8 Å². The van der Waals surface area contributed by atoms with Crippen LogP contribution >= 0.6 is 53.6 Å². The first kappa shape index (κ1) is 52.4. The van der Waals surface area contributed by atoms with Crippen molar-refractivity contribution in [2.45, 2.75) is 0 Å². The third-order valence-corrected chi connectivity index (χ3v) is 9.28. The third-order valence-electron chi connectivity index (χ3n) is 8.39. The van der Waals surface area contributed by atoms with Gasteiger partial charge >= 0.3 is 64.2 Å². The number of methoxy groups -OCH3 is 2. The Hall–Kier alpha value is -2.95. The van der Waals surface area contributed by atoms with Crippen LogP contribution in [0.1, 0.15) is 33.4 Å². The molecule has 0 bridgehead atoms. The number of hydrogen-bond acceptors (Lipinski definition) is 12. The van der Waals surface area contributed by atoms with E-state index < -0.39 is 0 Å². The molecule has 0 fully saturated rings. The number of anilines is 2. The number of rotatable bonds is 16. The summed E-state index contributed by atoms with van der Waals surface area (Å²) in [7, 11) is 3.22. The van der Waals surface area contributed by atoms with E-state index in [0.717, 1.165) is 37.0 Å². The Kier molecular flexibility index (Phi) is 24.6. The van der Waals surface area contributed by atoms with Crippen molar-refractivity contribution in [3.8, 4) is 23.6 Å². The van der Waals surface area contributed by atoms with Crippen molar-refractivity contribution >= 4 is 133 Å². The molecule has 13 nitrogen and oxygen atoms in total. The van der Waals surface area contributed by atoms with E-state index in [1.165, 1.54) is 0 Å². The van der Waals surface area contributed by atoms with Gasteiger partial charge in [0.15, 0.2) is 0 Å². The molecule has 0 saturated carbocycles. The molecule has 19 heteroatoms. The second-order valence-electron chi connectivity index (χ2n) is 12.3. The average Bonchev–Trinajstić information content (AvgIpc) is 3.52. The van der Waals surface area contributed by atoms with E-state index in [1.54, 1.807) is 44.6 Å². The summed E-state index contributed by atoms with van der Waals surface area (Å²) < 4.78 is 32.1. The molecule has 1 amide bonds. The van der Waals surface area contributed by atoms with Gasteiger partial charge in [0, 0.05) is 58.7 Å². The maximum absolute atomic E-state index is 12.1. The summed E-state index contributed by atoms with van der Waals surface area (Å²) in [6.07, 6.45) is 0. The number of hydrogen-bond donors (Lipinski definition) is 2. The molecule has 0 radical (unpaired) electrons. The van der Waals surface area contributed by atoms with E-state index in [0.29, 0.717) is 119 Å². The normalized spacial score (nSPS) is 12.4. The first-order valence-corrected chi connectivity index (χ1v) is 36.2. The average molecular weight is 1210 g/mol. The number of benzodiazepines with no additional fused rings is 2. The number of thiocarbonyl (C=S) groups is 1. The van der Waals surface area contributed by atoms with Gasteiger partial charge in [-0.1, -0.05) is 71.8 Å². The van der Waals surface area contributed by atoms with Crippen molar-refractivity contribution in [1.29, 1.82) is 10.5 Å². The second-order valence-corrected chi connectivity index (χ2v) is 13.6. The molecule has 2 heterocycles. The van der Waals surface area contributed by atoms with Gasteiger partial charge in [-0.05, 0) is 24.3 Å². The molecule has 0 aromatic heterocycles. The first-order chi connectivity index (χ1) is 29.3. The van der Waals surface area contributed by atoms with Crippen molar-refractivity contribution < 1.29 is 33.2 Å². The van der Waals surface area contributed by atoms with Crippen LogP contribution in [0, 0.1) is 22.7 Å². The Balaban J connectivity index is 0.000000308. The van der Waals surface area contributed by atoms with Crippen molar-refractivity contribution in [2.75, 3.05) is 90.8 Å². The molecular weight excluding hydrogens is 1160 g/mol. The van der Waals surface area contributed by atoms with Crippen LogP contribution in [0.3, 0.4) is 0 Å². The number of nitrogens with zero attached hydrogens (tertiary/aromatic N) is 4. The summed E-state index contributed by atoms with van der Waals surface area (Å²) in [5, 5.41) is 26.3. The van der Waals surface area contributed by atoms with Crippen LogP contribution in [0.5, 0.6) is 11.5 Å². The summed E-state index contributed by atoms with van der Waals surface area (Å²) in [6, 6.07) is 25.8. The number of amides is 1. The van der Waals surface area contributed by atoms with Gasteiger partial charge < -0.3 is 39.1 Å². The van der Waals surface area contributed by atoms with Gasteiger partial charge in [-0.15, -0.1) is 0 Å². The minimum atomic E-state index is -0.258. The number of fused-ring (bicyclic) bond motifs is 2. The minimum absolute atomic E-state index is 0. The fraction of sp³-hybridized carbons (Fsp3) is 0.286. The van der Waals surface area contributed by atoms with E-state index >= 15 is 0 Å². The van der Waals surface area contributed by atoms with Crippen LogP contribution in [0.15, 0.2) is 82.8 Å². The number of halogens is 3. The van der Waals surface area contributed by atoms with Crippen LogP contribution in [-0.2, 0) is 23.7 Å². The van der Waals surface area contributed by atoms with Gasteiger partial charge in [-0.2, -0.15) is 10.5 Å². The number of carbonyl (C=O) groups excluding carboxylic acids is 1. The zero-order valence-electron chi connectivity index (χ0n) is 33.2. The Morgan fingerprint density at radius 2 is 1.10 bits per heavy atom. The summed E-state index contributed by atoms with van der Waals surface area (Å²) in [6.45, 7) is 3.58. The van der Waals surface area contributed by atoms with Crippen molar-refractivity contribution in [1.82, 2.24) is 0 Å². The predicted octanol–water partition coefficient (Wildman–Crippen LogP) is 5.67. The molecule has 2 aliphatic heterocycles. The number of aliphatic imine (C=N–C) groups is 2. The number of carbonyl (C=O) groups is 1. The fourth-order valence-corrected chi connectivity index (χ4v) is 6.33. The fourth-order valence-electron chi connectivity index (χ4n) is 5.70. The number of ether oxygens (including phenoxy) is 6. The first-order valence-electron chi connectivity index (χ1n) is 18.4. The number of benzene rings is 4. The zero-order chi connectivity index (χ0) is 43.3.